The van der Waals surface area contributed by atoms with Crippen molar-refractivity contribution >= 4 is 29.1 Å². The Morgan fingerprint density at radius 1 is 1.40 bits per heavy atom. The minimum absolute atomic E-state index is 0.148. The molecule has 0 radical (unpaired) electrons. The van der Waals surface area contributed by atoms with Gasteiger partial charge in [-0.25, -0.2) is 4.79 Å². The van der Waals surface area contributed by atoms with Crippen molar-refractivity contribution in [3.05, 3.63) is 46.1 Å². The number of rotatable bonds is 3. The fourth-order valence-corrected chi connectivity index (χ4v) is 3.06. The number of halogens is 1. The molecular weight excluding hydrogens is 344 g/mol. The molecule has 0 amide bonds. The van der Waals surface area contributed by atoms with Crippen molar-refractivity contribution in [2.75, 3.05) is 37.4 Å². The van der Waals surface area contributed by atoms with E-state index in [1.54, 1.807) is 12.1 Å². The number of esters is 1. The van der Waals surface area contributed by atoms with Crippen molar-refractivity contribution in [2.45, 2.75) is 13.0 Å². The average molecular weight is 363 g/mol. The van der Waals surface area contributed by atoms with Crippen LogP contribution in [0.25, 0.3) is 0 Å². The first-order valence-corrected chi connectivity index (χ1v) is 8.21. The largest absolute Gasteiger partial charge is 0.465 e. The highest BCUT2D eigenvalue weighted by molar-refractivity contribution is 6.29. The van der Waals surface area contributed by atoms with Gasteiger partial charge in [-0.05, 0) is 24.1 Å². The van der Waals surface area contributed by atoms with Crippen molar-refractivity contribution in [1.82, 2.24) is 10.2 Å². The number of nitrogens with zero attached hydrogens (tertiary/aromatic N) is 3. The first-order chi connectivity index (χ1) is 12.0. The van der Waals surface area contributed by atoms with Crippen LogP contribution in [0.1, 0.15) is 27.6 Å². The second kappa shape index (κ2) is 7.25. The monoisotopic (exact) mass is 362 g/mol. The van der Waals surface area contributed by atoms with Crippen LogP contribution in [0.2, 0.25) is 5.15 Å². The number of carbonyl (C=O) groups excluding carboxylic acids is 1. The molecule has 0 saturated carbocycles. The molecule has 25 heavy (non-hydrogen) atoms. The van der Waals surface area contributed by atoms with E-state index in [1.807, 2.05) is 19.1 Å². The molecule has 0 unspecified atom stereocenters. The number of nitrogens with two attached hydrogens (primary N) is 1. The van der Waals surface area contributed by atoms with E-state index < -0.39 is 0 Å². The zero-order chi connectivity index (χ0) is 18.0. The van der Waals surface area contributed by atoms with Crippen LogP contribution < -0.4 is 10.6 Å². The molecule has 2 N–H and O–H groups in total. The number of aromatic nitrogens is 2. The van der Waals surface area contributed by atoms with E-state index in [-0.39, 0.29) is 12.1 Å². The number of benzene rings is 1. The van der Waals surface area contributed by atoms with Gasteiger partial charge in [-0.1, -0.05) is 23.7 Å². The van der Waals surface area contributed by atoms with E-state index >= 15 is 0 Å². The summed E-state index contributed by atoms with van der Waals surface area (Å²) in [6.07, 6.45) is -0.148. The fraction of sp³-hybridized carbons (Fsp3) is 0.353. The van der Waals surface area contributed by atoms with Crippen LogP contribution >= 0.6 is 11.6 Å². The maximum atomic E-state index is 11.7. The zero-order valence-electron chi connectivity index (χ0n) is 14.0. The number of anilines is 2. The second-order valence-corrected chi connectivity index (χ2v) is 6.20. The molecule has 1 saturated heterocycles. The quantitative estimate of drug-likeness (QED) is 0.838. The predicted molar refractivity (Wildman–Crippen MR) is 94.9 cm³/mol. The van der Waals surface area contributed by atoms with Gasteiger partial charge >= 0.3 is 5.97 Å². The van der Waals surface area contributed by atoms with Crippen LogP contribution in [-0.2, 0) is 9.47 Å². The first kappa shape index (κ1) is 17.4. The second-order valence-electron chi connectivity index (χ2n) is 5.81. The topological polar surface area (TPSA) is 90.6 Å². The van der Waals surface area contributed by atoms with Gasteiger partial charge in [0.2, 0.25) is 0 Å². The molecule has 3 rings (SSSR count). The summed E-state index contributed by atoms with van der Waals surface area (Å²) in [5.74, 6) is -0.0113. The molecule has 1 aliphatic rings. The lowest BCUT2D eigenvalue weighted by molar-refractivity contribution is 0.0397. The van der Waals surface area contributed by atoms with Gasteiger partial charge in [0.05, 0.1) is 25.0 Å². The zero-order valence-corrected chi connectivity index (χ0v) is 14.8. The Morgan fingerprint density at radius 3 is 2.92 bits per heavy atom. The van der Waals surface area contributed by atoms with Gasteiger partial charge in [0.1, 0.15) is 6.10 Å². The number of morpholine rings is 1. The number of nitrogen functional groups attached to an aromatic ring is 1. The highest BCUT2D eigenvalue weighted by Crippen LogP contribution is 2.30. The van der Waals surface area contributed by atoms with E-state index in [9.17, 15) is 4.79 Å². The van der Waals surface area contributed by atoms with Crippen LogP contribution in [0.5, 0.6) is 0 Å². The number of hydrogen-bond acceptors (Lipinski definition) is 7. The molecular formula is C17H19ClN4O3. The number of methoxy groups -OCH3 is 1. The standard InChI is InChI=1S/C17H19ClN4O3/c1-10-7-11(3-4-12(10)17(23)24-2)14-9-22(5-6-25-14)13-8-15(18)20-21-16(13)19/h3-4,7-8,14H,5-6,9H2,1-2H3,(H2,19,21)/t14-/m1/s1. The minimum Gasteiger partial charge on any atom is -0.465 e. The Kier molecular flexibility index (Phi) is 5.06. The molecule has 2 aromatic rings. The molecule has 1 aromatic carbocycles. The van der Waals surface area contributed by atoms with Gasteiger partial charge in [0.15, 0.2) is 11.0 Å². The molecule has 0 bridgehead atoms. The van der Waals surface area contributed by atoms with Gasteiger partial charge in [0.25, 0.3) is 0 Å². The van der Waals surface area contributed by atoms with Gasteiger partial charge in [-0.15, -0.1) is 10.2 Å². The molecule has 8 heteroatoms. The molecule has 7 nitrogen and oxygen atoms in total. The summed E-state index contributed by atoms with van der Waals surface area (Å²) in [5, 5.41) is 7.91. The lowest BCUT2D eigenvalue weighted by Crippen LogP contribution is -2.39. The molecule has 1 fully saturated rings. The number of hydrogen-bond donors (Lipinski definition) is 1. The lowest BCUT2D eigenvalue weighted by atomic mass is 10.0. The summed E-state index contributed by atoms with van der Waals surface area (Å²) < 4.78 is 10.7. The van der Waals surface area contributed by atoms with E-state index in [1.165, 1.54) is 7.11 Å². The van der Waals surface area contributed by atoms with Crippen LogP contribution in [0.3, 0.4) is 0 Å². The van der Waals surface area contributed by atoms with Gasteiger partial charge in [-0.3, -0.25) is 0 Å². The molecule has 1 atom stereocenters. The summed E-state index contributed by atoms with van der Waals surface area (Å²) in [6, 6.07) is 7.30. The summed E-state index contributed by atoms with van der Waals surface area (Å²) in [4.78, 5) is 13.8. The highest BCUT2D eigenvalue weighted by Gasteiger charge is 2.25. The maximum absolute atomic E-state index is 11.7. The Hall–Kier alpha value is -2.38. The Balaban J connectivity index is 1.83. The molecule has 132 valence electrons. The average Bonchev–Trinajstić information content (AvgIpc) is 2.63. The molecule has 0 spiro atoms. The van der Waals surface area contributed by atoms with E-state index in [0.29, 0.717) is 36.2 Å². The number of carbonyl (C=O) groups is 1. The third kappa shape index (κ3) is 3.67. The van der Waals surface area contributed by atoms with E-state index in [4.69, 9.17) is 26.8 Å². The number of aryl methyl sites for hydroxylation is 1. The number of ether oxygens (including phenoxy) is 2. The van der Waals surface area contributed by atoms with Gasteiger partial charge in [-0.2, -0.15) is 0 Å². The van der Waals surface area contributed by atoms with Gasteiger partial charge in [0, 0.05) is 19.2 Å². The van der Waals surface area contributed by atoms with Crippen LogP contribution in [0.4, 0.5) is 11.5 Å². The van der Waals surface area contributed by atoms with Crippen LogP contribution in [-0.4, -0.2) is 43.0 Å². The van der Waals surface area contributed by atoms with Crippen molar-refractivity contribution in [3.63, 3.8) is 0 Å². The summed E-state index contributed by atoms with van der Waals surface area (Å²) >= 11 is 5.94. The van der Waals surface area contributed by atoms with Crippen LogP contribution in [0, 0.1) is 6.92 Å². The van der Waals surface area contributed by atoms with E-state index in [0.717, 1.165) is 16.8 Å². The molecule has 0 aliphatic carbocycles. The SMILES string of the molecule is COC(=O)c1ccc([C@H]2CN(c3cc(Cl)nnc3N)CCO2)cc1C. The molecule has 1 aromatic heterocycles. The lowest BCUT2D eigenvalue weighted by Gasteiger charge is -2.35. The van der Waals surface area contributed by atoms with Crippen molar-refractivity contribution < 1.29 is 14.3 Å². The van der Waals surface area contributed by atoms with Crippen molar-refractivity contribution in [3.8, 4) is 0 Å². The van der Waals surface area contributed by atoms with Crippen molar-refractivity contribution in [2.24, 2.45) is 0 Å². The smallest absolute Gasteiger partial charge is 0.338 e. The third-order valence-corrected chi connectivity index (χ3v) is 4.39. The minimum atomic E-state index is -0.347. The Labute approximate surface area is 150 Å². The first-order valence-electron chi connectivity index (χ1n) is 7.83. The van der Waals surface area contributed by atoms with Gasteiger partial charge < -0.3 is 20.1 Å². The highest BCUT2D eigenvalue weighted by atomic mass is 35.5. The summed E-state index contributed by atoms with van der Waals surface area (Å²) in [6.45, 7) is 3.70. The summed E-state index contributed by atoms with van der Waals surface area (Å²) in [5.41, 5.74) is 9.06. The van der Waals surface area contributed by atoms with E-state index in [2.05, 4.69) is 15.1 Å². The normalized spacial score (nSPS) is 17.4. The van der Waals surface area contributed by atoms with Crippen molar-refractivity contribution in [1.29, 1.82) is 0 Å². The van der Waals surface area contributed by atoms with Crippen LogP contribution in [0.15, 0.2) is 24.3 Å². The molecule has 1 aliphatic heterocycles. The maximum Gasteiger partial charge on any atom is 0.338 e. The summed E-state index contributed by atoms with van der Waals surface area (Å²) in [7, 11) is 1.37. The predicted octanol–water partition coefficient (Wildman–Crippen LogP) is 2.39. The Morgan fingerprint density at radius 2 is 2.20 bits per heavy atom. The molecule has 2 heterocycles. The Bertz CT molecular complexity index is 799. The third-order valence-electron chi connectivity index (χ3n) is 4.21. The fourth-order valence-electron chi connectivity index (χ4n) is 2.92.